The smallest absolute Gasteiger partial charge is 0.255 e. The number of nitrogens with one attached hydrogen (secondary N) is 2. The molecule has 0 saturated carbocycles. The van der Waals surface area contributed by atoms with Crippen molar-refractivity contribution in [3.05, 3.63) is 101 Å². The molecule has 5 aromatic rings. The fourth-order valence-electron chi connectivity index (χ4n) is 6.09. The summed E-state index contributed by atoms with van der Waals surface area (Å²) in [5.74, 6) is -0.535. The molecule has 0 unspecified atom stereocenters. The van der Waals surface area contributed by atoms with Gasteiger partial charge in [0, 0.05) is 48.1 Å². The van der Waals surface area contributed by atoms with Crippen LogP contribution in [0.3, 0.4) is 0 Å². The summed E-state index contributed by atoms with van der Waals surface area (Å²) in [6.45, 7) is 6.75. The number of benzene rings is 3. The fourth-order valence-corrected chi connectivity index (χ4v) is 6.60. The van der Waals surface area contributed by atoms with Crippen LogP contribution < -0.4 is 9.62 Å². The first kappa shape index (κ1) is 33.2. The Labute approximate surface area is 280 Å². The van der Waals surface area contributed by atoms with E-state index in [1.54, 1.807) is 24.3 Å². The molecule has 1 amide bonds. The highest BCUT2D eigenvalue weighted by Crippen LogP contribution is 2.42. The van der Waals surface area contributed by atoms with Gasteiger partial charge in [-0.3, -0.25) is 9.10 Å². The maximum Gasteiger partial charge on any atom is 0.255 e. The third kappa shape index (κ3) is 6.81. The lowest BCUT2D eigenvalue weighted by Gasteiger charge is -2.21. The van der Waals surface area contributed by atoms with Crippen molar-refractivity contribution in [2.75, 3.05) is 31.3 Å². The maximum atomic E-state index is 13.8. The van der Waals surface area contributed by atoms with E-state index in [1.165, 1.54) is 47.4 Å². The molecule has 48 heavy (non-hydrogen) atoms. The molecule has 0 fully saturated rings. The Morgan fingerprint density at radius 1 is 1.04 bits per heavy atom. The number of allylic oxidation sites excluding steroid dienone is 1. The number of fused-ring (bicyclic) bond motifs is 2. The molecule has 250 valence electrons. The number of hydrogen-bond acceptors (Lipinski definition) is 5. The van der Waals surface area contributed by atoms with Gasteiger partial charge in [0.15, 0.2) is 0 Å². The molecule has 0 atom stereocenters. The van der Waals surface area contributed by atoms with Crippen LogP contribution in [0.1, 0.15) is 48.8 Å². The van der Waals surface area contributed by atoms with Crippen molar-refractivity contribution >= 4 is 32.6 Å². The summed E-state index contributed by atoms with van der Waals surface area (Å²) in [5.41, 5.74) is 8.44. The van der Waals surface area contributed by atoms with Gasteiger partial charge in [0.25, 0.3) is 5.91 Å². The number of aryl methyl sites for hydroxylation is 1. The summed E-state index contributed by atoms with van der Waals surface area (Å²) in [6, 6.07) is 19.2. The number of furan rings is 1. The Hall–Kier alpha value is -4.67. The number of carbonyl (C=O) groups excluding carboxylic acids is 1. The second-order valence-electron chi connectivity index (χ2n) is 13.2. The molecule has 1 aliphatic carbocycles. The largest absolute Gasteiger partial charge is 0.455 e. The summed E-state index contributed by atoms with van der Waals surface area (Å²) >= 11 is 0. The number of carbonyl (C=O) groups is 1. The van der Waals surface area contributed by atoms with Crippen LogP contribution in [0.25, 0.3) is 44.7 Å². The lowest BCUT2D eigenvalue weighted by Crippen LogP contribution is -2.25. The Balaban J connectivity index is 1.44. The minimum absolute atomic E-state index is 0.184. The number of H-pyrrole nitrogens is 1. The van der Waals surface area contributed by atoms with Crippen LogP contribution in [0.5, 0.6) is 0 Å². The first-order valence-electron chi connectivity index (χ1n) is 15.9. The highest BCUT2D eigenvalue weighted by atomic mass is 32.2. The zero-order valence-electron chi connectivity index (χ0n) is 28.0. The van der Waals surface area contributed by atoms with Crippen molar-refractivity contribution in [3.8, 4) is 33.7 Å². The average molecular weight is 670 g/mol. The summed E-state index contributed by atoms with van der Waals surface area (Å²) in [5, 5.41) is 3.19. The number of hydrogen-bond donors (Lipinski definition) is 2. The Morgan fingerprint density at radius 3 is 2.46 bits per heavy atom. The molecule has 0 bridgehead atoms. The number of aromatic amines is 1. The predicted octanol–water partition coefficient (Wildman–Crippen LogP) is 7.89. The van der Waals surface area contributed by atoms with Crippen LogP contribution in [0.15, 0.2) is 82.8 Å². The Kier molecular flexibility index (Phi) is 8.82. The van der Waals surface area contributed by atoms with E-state index < -0.39 is 15.8 Å². The van der Waals surface area contributed by atoms with Crippen LogP contribution in [-0.2, 0) is 27.6 Å². The first-order chi connectivity index (χ1) is 22.7. The van der Waals surface area contributed by atoms with Gasteiger partial charge in [-0.25, -0.2) is 12.8 Å². The molecule has 3 aromatic carbocycles. The normalized spacial score (nSPS) is 14.4. The van der Waals surface area contributed by atoms with E-state index in [-0.39, 0.29) is 22.8 Å². The van der Waals surface area contributed by atoms with Crippen LogP contribution >= 0.6 is 0 Å². The van der Waals surface area contributed by atoms with Gasteiger partial charge < -0.3 is 19.5 Å². The minimum atomic E-state index is -3.67. The maximum absolute atomic E-state index is 13.8. The van der Waals surface area contributed by atoms with Gasteiger partial charge in [0.05, 0.1) is 29.7 Å². The van der Waals surface area contributed by atoms with E-state index in [0.29, 0.717) is 34.4 Å². The van der Waals surface area contributed by atoms with E-state index in [9.17, 15) is 17.6 Å². The first-order valence-corrected chi connectivity index (χ1v) is 17.7. The third-order valence-corrected chi connectivity index (χ3v) is 9.87. The van der Waals surface area contributed by atoms with Crippen LogP contribution in [0.2, 0.25) is 0 Å². The van der Waals surface area contributed by atoms with Gasteiger partial charge in [0.1, 0.15) is 17.2 Å². The summed E-state index contributed by atoms with van der Waals surface area (Å²) in [4.78, 5) is 16.9. The number of amides is 1. The number of ether oxygens (including phenoxy) is 1. The molecule has 2 heterocycles. The molecular formula is C38H40FN3O5S. The second-order valence-corrected chi connectivity index (χ2v) is 15.2. The molecule has 0 aliphatic heterocycles. The predicted molar refractivity (Wildman–Crippen MR) is 189 cm³/mol. The molecule has 2 aromatic heterocycles. The zero-order valence-corrected chi connectivity index (χ0v) is 28.8. The molecule has 8 nitrogen and oxygen atoms in total. The van der Waals surface area contributed by atoms with Gasteiger partial charge in [-0.05, 0) is 99.2 Å². The Bertz CT molecular complexity index is 2150. The van der Waals surface area contributed by atoms with Crippen LogP contribution in [-0.4, -0.2) is 51.9 Å². The van der Waals surface area contributed by atoms with Crippen molar-refractivity contribution in [1.82, 2.24) is 10.3 Å². The van der Waals surface area contributed by atoms with E-state index in [4.69, 9.17) is 9.15 Å². The number of sulfonamides is 1. The highest BCUT2D eigenvalue weighted by molar-refractivity contribution is 7.92. The standard InChI is InChI=1S/C38H40FN3O5S/c1-38(2,3)46-17-16-23-10-15-31-27(18-23)20-32(41-31)26-9-7-8-25(19-26)29-21-30-34(22-33(29)42(5)48(6,44)45)47-36(35(30)37(43)40-4)24-11-13-28(39)14-12-24/h7-9,11-14,16,19-22,41H,10,15,17-18H2,1-6H3,(H,40,43). The lowest BCUT2D eigenvalue weighted by atomic mass is 9.92. The number of aromatic nitrogens is 1. The third-order valence-electron chi connectivity index (χ3n) is 8.68. The molecule has 6 rings (SSSR count). The van der Waals surface area contributed by atoms with E-state index >= 15 is 0 Å². The van der Waals surface area contributed by atoms with Crippen molar-refractivity contribution in [2.45, 2.75) is 45.6 Å². The molecular weight excluding hydrogens is 629 g/mol. The van der Waals surface area contributed by atoms with Gasteiger partial charge in [-0.15, -0.1) is 0 Å². The topological polar surface area (TPSA) is 105 Å². The highest BCUT2D eigenvalue weighted by Gasteiger charge is 2.26. The molecule has 10 heteroatoms. The molecule has 0 radical (unpaired) electrons. The zero-order chi connectivity index (χ0) is 34.4. The average Bonchev–Trinajstić information content (AvgIpc) is 3.64. The SMILES string of the molecule is CNC(=O)c1c(-c2ccc(F)cc2)oc2cc(N(C)S(C)(=O)=O)c(-c3cccc(-c4cc5c([nH]4)CCC(=CCOC(C)(C)C)C5)c3)cc12. The van der Waals surface area contributed by atoms with E-state index in [0.717, 1.165) is 42.3 Å². The number of halogens is 1. The van der Waals surface area contributed by atoms with Crippen molar-refractivity contribution in [3.63, 3.8) is 0 Å². The van der Waals surface area contributed by atoms with Crippen molar-refractivity contribution in [1.29, 1.82) is 0 Å². The molecule has 1 aliphatic rings. The quantitative estimate of drug-likeness (QED) is 0.164. The second kappa shape index (κ2) is 12.7. The number of anilines is 1. The van der Waals surface area contributed by atoms with E-state index in [1.807, 2.05) is 24.3 Å². The van der Waals surface area contributed by atoms with Gasteiger partial charge in [-0.2, -0.15) is 0 Å². The number of rotatable bonds is 8. The number of nitrogens with zero attached hydrogens (tertiary/aromatic N) is 1. The molecule has 0 saturated heterocycles. The summed E-state index contributed by atoms with van der Waals surface area (Å²) in [7, 11) is -0.653. The molecule has 0 spiro atoms. The van der Waals surface area contributed by atoms with Gasteiger partial charge in [-0.1, -0.05) is 29.8 Å². The summed E-state index contributed by atoms with van der Waals surface area (Å²) in [6.07, 6.45) is 6.08. The monoisotopic (exact) mass is 669 g/mol. The molecule has 2 N–H and O–H groups in total. The Morgan fingerprint density at radius 2 is 1.77 bits per heavy atom. The van der Waals surface area contributed by atoms with Gasteiger partial charge in [0.2, 0.25) is 10.0 Å². The summed E-state index contributed by atoms with van der Waals surface area (Å²) < 4.78 is 52.8. The van der Waals surface area contributed by atoms with Crippen LogP contribution in [0, 0.1) is 5.82 Å². The van der Waals surface area contributed by atoms with Crippen molar-refractivity contribution < 1.29 is 26.8 Å². The minimum Gasteiger partial charge on any atom is -0.455 e. The van der Waals surface area contributed by atoms with Crippen LogP contribution in [0.4, 0.5) is 10.1 Å². The fraction of sp³-hybridized carbons (Fsp3) is 0.289. The van der Waals surface area contributed by atoms with E-state index in [2.05, 4.69) is 43.2 Å². The lowest BCUT2D eigenvalue weighted by molar-refractivity contribution is 0.0146. The van der Waals surface area contributed by atoms with Crippen molar-refractivity contribution in [2.24, 2.45) is 0 Å². The van der Waals surface area contributed by atoms with Gasteiger partial charge >= 0.3 is 0 Å².